The molecule has 9 heteroatoms. The molecule has 0 fully saturated rings. The summed E-state index contributed by atoms with van der Waals surface area (Å²) < 4.78 is 18.5. The van der Waals surface area contributed by atoms with Crippen LogP contribution < -0.4 is 10.9 Å². The molecule has 1 unspecified atom stereocenters. The highest BCUT2D eigenvalue weighted by atomic mass is 19.1. The first-order valence-corrected chi connectivity index (χ1v) is 12.7. The third-order valence-electron chi connectivity index (χ3n) is 7.04. The van der Waals surface area contributed by atoms with Gasteiger partial charge in [-0.1, -0.05) is 20.8 Å². The molecule has 5 rings (SSSR count). The van der Waals surface area contributed by atoms with Gasteiger partial charge in [0.2, 0.25) is 5.95 Å². The molecule has 0 bridgehead atoms. The average Bonchev–Trinajstić information content (AvgIpc) is 3.38. The Balaban J connectivity index is 1.60. The van der Waals surface area contributed by atoms with Gasteiger partial charge in [0.15, 0.2) is 5.65 Å². The van der Waals surface area contributed by atoms with Gasteiger partial charge in [0.05, 0.1) is 5.69 Å². The summed E-state index contributed by atoms with van der Waals surface area (Å²) in [5.74, 6) is 0.0774. The molecule has 0 saturated carbocycles. The largest absolute Gasteiger partial charge is 0.324 e. The lowest BCUT2D eigenvalue weighted by Gasteiger charge is -2.20. The Hall–Kier alpha value is -3.59. The van der Waals surface area contributed by atoms with Crippen molar-refractivity contribution in [1.82, 2.24) is 29.2 Å². The zero-order chi connectivity index (χ0) is 26.6. The molecule has 0 spiro atoms. The van der Waals surface area contributed by atoms with Gasteiger partial charge in [-0.15, -0.1) is 0 Å². The monoisotopic (exact) mass is 503 g/mol. The number of rotatable bonds is 5. The first-order valence-electron chi connectivity index (χ1n) is 12.7. The van der Waals surface area contributed by atoms with Crippen molar-refractivity contribution in [2.24, 2.45) is 0 Å². The Morgan fingerprint density at radius 3 is 2.57 bits per heavy atom. The van der Waals surface area contributed by atoms with E-state index in [1.807, 2.05) is 50.8 Å². The second-order valence-electron chi connectivity index (χ2n) is 11.4. The van der Waals surface area contributed by atoms with Crippen molar-refractivity contribution in [3.63, 3.8) is 0 Å². The summed E-state index contributed by atoms with van der Waals surface area (Å²) in [7, 11) is 4.04. The van der Waals surface area contributed by atoms with Crippen LogP contribution in [0.3, 0.4) is 0 Å². The van der Waals surface area contributed by atoms with Crippen LogP contribution in [0.15, 0.2) is 41.5 Å². The predicted molar refractivity (Wildman–Crippen MR) is 145 cm³/mol. The summed E-state index contributed by atoms with van der Waals surface area (Å²) in [5, 5.41) is 3.59. The van der Waals surface area contributed by atoms with Gasteiger partial charge >= 0.3 is 0 Å². The van der Waals surface area contributed by atoms with Crippen LogP contribution in [0.2, 0.25) is 0 Å². The van der Waals surface area contributed by atoms with E-state index in [0.717, 1.165) is 28.9 Å². The molecule has 4 aromatic rings. The van der Waals surface area contributed by atoms with E-state index in [0.29, 0.717) is 29.1 Å². The Morgan fingerprint density at radius 1 is 1.14 bits per heavy atom. The van der Waals surface area contributed by atoms with Crippen molar-refractivity contribution in [2.75, 3.05) is 19.4 Å². The zero-order valence-electron chi connectivity index (χ0n) is 22.5. The maximum absolute atomic E-state index is 15.0. The van der Waals surface area contributed by atoms with E-state index in [9.17, 15) is 9.18 Å². The number of likely N-dealkylation sites (N-methyl/N-ethyl adjacent to an activating group) is 1. The van der Waals surface area contributed by atoms with Crippen molar-refractivity contribution in [2.45, 2.75) is 65.0 Å². The molecule has 1 aliphatic carbocycles. The van der Waals surface area contributed by atoms with Gasteiger partial charge in [-0.3, -0.25) is 9.78 Å². The van der Waals surface area contributed by atoms with E-state index in [-0.39, 0.29) is 28.9 Å². The smallest absolute Gasteiger partial charge is 0.278 e. The quantitative estimate of drug-likeness (QED) is 0.423. The van der Waals surface area contributed by atoms with E-state index in [1.165, 1.54) is 6.07 Å². The highest BCUT2D eigenvalue weighted by molar-refractivity contribution is 5.77. The summed E-state index contributed by atoms with van der Waals surface area (Å²) in [5.41, 5.74) is 4.22. The van der Waals surface area contributed by atoms with Crippen LogP contribution in [0.1, 0.15) is 57.5 Å². The topological polar surface area (TPSA) is 80.9 Å². The van der Waals surface area contributed by atoms with Gasteiger partial charge in [-0.05, 0) is 76.2 Å². The highest BCUT2D eigenvalue weighted by Crippen LogP contribution is 2.31. The Bertz CT molecular complexity index is 1540. The Labute approximate surface area is 216 Å². The van der Waals surface area contributed by atoms with Crippen molar-refractivity contribution in [3.8, 4) is 5.69 Å². The van der Waals surface area contributed by atoms with E-state index in [1.54, 1.807) is 17.1 Å². The summed E-state index contributed by atoms with van der Waals surface area (Å²) in [6, 6.07) is 7.51. The van der Waals surface area contributed by atoms with Crippen LogP contribution in [-0.4, -0.2) is 49.4 Å². The van der Waals surface area contributed by atoms with Gasteiger partial charge in [-0.2, -0.15) is 4.98 Å². The van der Waals surface area contributed by atoms with Gasteiger partial charge < -0.3 is 10.2 Å². The molecule has 0 aliphatic heterocycles. The van der Waals surface area contributed by atoms with Gasteiger partial charge in [-0.25, -0.2) is 18.7 Å². The summed E-state index contributed by atoms with van der Waals surface area (Å²) in [6.45, 7) is 10.2. The minimum atomic E-state index is -0.222. The van der Waals surface area contributed by atoms with Crippen LogP contribution in [0, 0.1) is 5.82 Å². The number of hydrogen-bond donors (Lipinski definition) is 1. The van der Waals surface area contributed by atoms with Crippen LogP contribution in [0.5, 0.6) is 0 Å². The molecule has 3 heterocycles. The lowest BCUT2D eigenvalue weighted by molar-refractivity contribution is 0.302. The molecule has 0 amide bonds. The number of hydrogen-bond acceptors (Lipinski definition) is 6. The van der Waals surface area contributed by atoms with Gasteiger partial charge in [0, 0.05) is 41.3 Å². The second kappa shape index (κ2) is 9.06. The molecule has 1 aliphatic rings. The number of benzene rings is 1. The normalized spacial score (nSPS) is 15.7. The molecule has 1 N–H and O–H groups in total. The van der Waals surface area contributed by atoms with Crippen LogP contribution in [-0.2, 0) is 18.3 Å². The molecule has 0 saturated heterocycles. The number of pyridine rings is 1. The van der Waals surface area contributed by atoms with Crippen LogP contribution in [0.25, 0.3) is 16.7 Å². The van der Waals surface area contributed by atoms with Gasteiger partial charge in [0.1, 0.15) is 11.2 Å². The predicted octanol–water partition coefficient (Wildman–Crippen LogP) is 4.77. The number of fused-ring (bicyclic) bond motifs is 2. The molecule has 8 nitrogen and oxygen atoms in total. The maximum atomic E-state index is 15.0. The summed E-state index contributed by atoms with van der Waals surface area (Å²) in [6.07, 6.45) is 4.80. The SMILES string of the molecule is CC(C)n1c(=O)c2cnc(Nc3cc(F)c4c(c3)CC(N(C)C)C4)nc2n1-c1ccnc(C(C)(C)C)c1. The third-order valence-corrected chi connectivity index (χ3v) is 7.04. The number of aromatic nitrogens is 5. The van der Waals surface area contributed by atoms with Gasteiger partial charge in [0.25, 0.3) is 5.56 Å². The number of nitrogens with zero attached hydrogens (tertiary/aromatic N) is 6. The fourth-order valence-electron chi connectivity index (χ4n) is 4.97. The third kappa shape index (κ3) is 4.52. The van der Waals surface area contributed by atoms with Crippen LogP contribution >= 0.6 is 0 Å². The lowest BCUT2D eigenvalue weighted by Crippen LogP contribution is -2.28. The molecule has 0 radical (unpaired) electrons. The van der Waals surface area contributed by atoms with E-state index >= 15 is 0 Å². The van der Waals surface area contributed by atoms with Crippen LogP contribution in [0.4, 0.5) is 16.0 Å². The maximum Gasteiger partial charge on any atom is 0.278 e. The van der Waals surface area contributed by atoms with Crippen molar-refractivity contribution in [3.05, 3.63) is 69.7 Å². The molecule has 3 aromatic heterocycles. The van der Waals surface area contributed by atoms with Crippen molar-refractivity contribution >= 4 is 22.7 Å². The number of halogens is 1. The molecule has 194 valence electrons. The minimum absolute atomic E-state index is 0.111. The minimum Gasteiger partial charge on any atom is -0.324 e. The van der Waals surface area contributed by atoms with E-state index < -0.39 is 0 Å². The fourth-order valence-corrected chi connectivity index (χ4v) is 4.97. The summed E-state index contributed by atoms with van der Waals surface area (Å²) >= 11 is 0. The van der Waals surface area contributed by atoms with E-state index in [4.69, 9.17) is 4.98 Å². The Kier molecular flexibility index (Phi) is 6.14. The van der Waals surface area contributed by atoms with E-state index in [2.05, 4.69) is 41.0 Å². The lowest BCUT2D eigenvalue weighted by atomic mass is 9.91. The second-order valence-corrected chi connectivity index (χ2v) is 11.4. The molecule has 37 heavy (non-hydrogen) atoms. The Morgan fingerprint density at radius 2 is 1.89 bits per heavy atom. The fraction of sp³-hybridized carbons (Fsp3) is 0.429. The molecule has 1 atom stereocenters. The first-order chi connectivity index (χ1) is 17.4. The average molecular weight is 504 g/mol. The molecular formula is C28H34FN7O. The standard InChI is InChI=1S/C28H34FN7O/c1-16(2)35-26(37)22-15-31-27(32-18-10-17-11-20(34(6)7)13-21(17)23(29)12-18)33-25(22)36(35)19-8-9-30-24(14-19)28(3,4)5/h8-10,12,14-16,20H,11,13H2,1-7H3,(H,31,32,33). The van der Waals surface area contributed by atoms with Crippen molar-refractivity contribution in [1.29, 1.82) is 0 Å². The van der Waals surface area contributed by atoms with Crippen molar-refractivity contribution < 1.29 is 4.39 Å². The first kappa shape index (κ1) is 25.1. The zero-order valence-corrected chi connectivity index (χ0v) is 22.5. The molecular weight excluding hydrogens is 469 g/mol. The number of nitrogens with one attached hydrogen (secondary N) is 1. The summed E-state index contributed by atoms with van der Waals surface area (Å²) in [4.78, 5) is 29.2. The number of anilines is 2. The molecule has 1 aromatic carbocycles. The highest BCUT2D eigenvalue weighted by Gasteiger charge is 2.27.